The number of benzene rings is 8. The van der Waals surface area contributed by atoms with Gasteiger partial charge in [-0.3, -0.25) is 0 Å². The van der Waals surface area contributed by atoms with E-state index in [4.69, 9.17) is 8.83 Å². The average molecular weight is 1050 g/mol. The van der Waals surface area contributed by atoms with Crippen molar-refractivity contribution in [3.05, 3.63) is 159 Å². The van der Waals surface area contributed by atoms with Crippen molar-refractivity contribution in [1.82, 2.24) is 9.13 Å². The van der Waals surface area contributed by atoms with Crippen molar-refractivity contribution in [3.63, 3.8) is 0 Å². The van der Waals surface area contributed by atoms with Gasteiger partial charge in [-0.25, -0.2) is 0 Å². The molecule has 11 aromatic rings. The number of aryl methyl sites for hydroxylation is 5. The van der Waals surface area contributed by atoms with Crippen LogP contribution in [0, 0.1) is 18.3 Å². The van der Waals surface area contributed by atoms with Gasteiger partial charge in [-0.05, 0) is 219 Å². The van der Waals surface area contributed by atoms with Gasteiger partial charge < -0.3 is 18.0 Å². The van der Waals surface area contributed by atoms with Crippen LogP contribution in [-0.4, -0.2) is 15.8 Å². The van der Waals surface area contributed by atoms with Gasteiger partial charge in [0.2, 0.25) is 0 Å². The molecule has 398 valence electrons. The van der Waals surface area contributed by atoms with E-state index in [9.17, 15) is 5.26 Å². The van der Waals surface area contributed by atoms with Gasteiger partial charge in [0.1, 0.15) is 17.2 Å². The maximum absolute atomic E-state index is 11.2. The third-order valence-corrected chi connectivity index (χ3v) is 19.3. The Morgan fingerprint density at radius 3 is 1.36 bits per heavy atom. The summed E-state index contributed by atoms with van der Waals surface area (Å²) in [5, 5.41) is 18.7. The normalized spacial score (nSPS) is 15.1. The first-order valence-electron chi connectivity index (χ1n) is 29.8. The Bertz CT molecular complexity index is 4540. The fraction of sp³-hybridized carbons (Fsp3) is 0.338. The molecule has 6 heteroatoms. The smallest absolute Gasteiger partial charge is 0.252 e. The predicted octanol–water partition coefficient (Wildman–Crippen LogP) is 17.6. The molecule has 15 rings (SSSR count). The Morgan fingerprint density at radius 2 is 0.912 bits per heavy atom. The molecule has 0 saturated heterocycles. The van der Waals surface area contributed by atoms with Gasteiger partial charge in [-0.1, -0.05) is 119 Å². The van der Waals surface area contributed by atoms with E-state index in [0.29, 0.717) is 16.7 Å². The third-order valence-electron chi connectivity index (χ3n) is 19.3. The zero-order valence-electron chi connectivity index (χ0n) is 49.2. The second-order valence-corrected chi connectivity index (χ2v) is 28.6. The Balaban J connectivity index is 1.15. The van der Waals surface area contributed by atoms with Crippen LogP contribution in [0.4, 0.5) is 0 Å². The molecule has 0 atom stereocenters. The third kappa shape index (κ3) is 7.01. The number of hydrogen-bond acceptors (Lipinski definition) is 3. The van der Waals surface area contributed by atoms with Crippen molar-refractivity contribution >= 4 is 99.8 Å². The first-order valence-corrected chi connectivity index (χ1v) is 29.8. The van der Waals surface area contributed by atoms with E-state index in [-0.39, 0.29) is 28.4 Å². The maximum Gasteiger partial charge on any atom is 0.252 e. The topological polar surface area (TPSA) is 59.9 Å². The number of nitrogens with zero attached hydrogens (tertiary/aromatic N) is 3. The highest BCUT2D eigenvalue weighted by Crippen LogP contribution is 2.47. The van der Waals surface area contributed by atoms with Crippen LogP contribution in [0.3, 0.4) is 0 Å². The summed E-state index contributed by atoms with van der Waals surface area (Å²) in [4.78, 5) is 0. The molecule has 2 aliphatic carbocycles. The summed E-state index contributed by atoms with van der Waals surface area (Å²) in [5.41, 5.74) is 28.1. The highest BCUT2D eigenvalue weighted by atomic mass is 16.4. The van der Waals surface area contributed by atoms with E-state index in [0.717, 1.165) is 71.8 Å². The summed E-state index contributed by atoms with van der Waals surface area (Å²) < 4.78 is 20.3. The summed E-state index contributed by atoms with van der Waals surface area (Å²) in [6.45, 7) is 30.3. The Labute approximate surface area is 471 Å². The van der Waals surface area contributed by atoms with Crippen molar-refractivity contribution < 1.29 is 8.83 Å². The summed E-state index contributed by atoms with van der Waals surface area (Å²) in [7, 11) is 0. The maximum atomic E-state index is 11.2. The zero-order valence-corrected chi connectivity index (χ0v) is 49.2. The van der Waals surface area contributed by atoms with Crippen LogP contribution in [0.5, 0.6) is 0 Å². The minimum atomic E-state index is -0.104. The number of nitriles is 1. The van der Waals surface area contributed by atoms with Crippen molar-refractivity contribution in [1.29, 1.82) is 5.26 Å². The van der Waals surface area contributed by atoms with E-state index in [1.807, 2.05) is 6.07 Å². The molecule has 5 nitrogen and oxygen atoms in total. The summed E-state index contributed by atoms with van der Waals surface area (Å²) in [6.07, 6.45) is 8.79. The van der Waals surface area contributed by atoms with Crippen molar-refractivity contribution in [2.45, 2.75) is 163 Å². The average Bonchev–Trinajstić information content (AvgIpc) is 4.10. The predicted molar refractivity (Wildman–Crippen MR) is 337 cm³/mol. The zero-order chi connectivity index (χ0) is 55.4. The van der Waals surface area contributed by atoms with Gasteiger partial charge >= 0.3 is 0 Å². The molecule has 0 spiro atoms. The van der Waals surface area contributed by atoms with E-state index >= 15 is 0 Å². The minimum Gasteiger partial charge on any atom is -0.452 e. The Kier molecular flexibility index (Phi) is 10.3. The molecule has 0 unspecified atom stereocenters. The molecule has 4 aliphatic rings. The Hall–Kier alpha value is -7.49. The molecular weight excluding hydrogens is 974 g/mol. The number of fused-ring (bicyclic) bond motifs is 18. The second kappa shape index (κ2) is 16.6. The fourth-order valence-electron chi connectivity index (χ4n) is 15.0. The van der Waals surface area contributed by atoms with Crippen LogP contribution in [0.1, 0.15) is 164 Å². The van der Waals surface area contributed by atoms with Gasteiger partial charge in [0.15, 0.2) is 11.2 Å². The molecule has 5 heterocycles. The van der Waals surface area contributed by atoms with Crippen LogP contribution in [-0.2, 0) is 47.3 Å². The number of rotatable bonds is 1. The van der Waals surface area contributed by atoms with Gasteiger partial charge in [0, 0.05) is 60.3 Å². The lowest BCUT2D eigenvalue weighted by Gasteiger charge is -2.36. The monoisotopic (exact) mass is 1050 g/mol. The molecule has 8 aromatic carbocycles. The molecule has 0 radical (unpaired) electrons. The fourth-order valence-corrected chi connectivity index (χ4v) is 15.0. The standard InChI is InChI=1S/C74H72BN3O2/c1-40-30-44(39-76)69-70(80-62-29-23-42-19-15-17-21-50(42)65(62)64-49-20-16-14-18-41(49)22-28-61(64)79-69)63(40)43-31-59-66-60(32-43)78-58-27-25-46(72(5,6)7)34-52(58)54-36-48(74(11,12)13)38-56(68(54)78)75(66)55-37-47(73(8,9)10)35-53-51-33-45(71(2,3)4)24-26-57(51)77(59)67(53)55/h22-38H,14-21H2,1-13H3. The van der Waals surface area contributed by atoms with Crippen LogP contribution >= 0.6 is 0 Å². The van der Waals surface area contributed by atoms with E-state index in [1.54, 1.807) is 0 Å². The van der Waals surface area contributed by atoms with Crippen LogP contribution in [0.25, 0.3) is 99.2 Å². The van der Waals surface area contributed by atoms with Crippen molar-refractivity contribution in [2.75, 3.05) is 0 Å². The van der Waals surface area contributed by atoms with Crippen molar-refractivity contribution in [3.8, 4) is 28.6 Å². The molecule has 0 N–H and O–H groups in total. The largest absolute Gasteiger partial charge is 0.452 e. The second-order valence-electron chi connectivity index (χ2n) is 28.6. The van der Waals surface area contributed by atoms with Gasteiger partial charge in [0.05, 0.1) is 16.6 Å². The molecule has 0 bridgehead atoms. The molecule has 2 aliphatic heterocycles. The van der Waals surface area contributed by atoms with Gasteiger partial charge in [-0.15, -0.1) is 0 Å². The van der Waals surface area contributed by atoms with E-state index in [2.05, 4.69) is 202 Å². The molecule has 0 amide bonds. The lowest BCUT2D eigenvalue weighted by atomic mass is 9.33. The summed E-state index contributed by atoms with van der Waals surface area (Å²) in [6, 6.07) is 43.3. The summed E-state index contributed by atoms with van der Waals surface area (Å²) >= 11 is 0. The van der Waals surface area contributed by atoms with Crippen LogP contribution < -0.4 is 16.4 Å². The van der Waals surface area contributed by atoms with Gasteiger partial charge in [-0.2, -0.15) is 5.26 Å². The summed E-state index contributed by atoms with van der Waals surface area (Å²) in [5.74, 6) is 0. The minimum absolute atomic E-state index is 0.0446. The molecule has 80 heavy (non-hydrogen) atoms. The SMILES string of the molecule is Cc1cc(C#N)c2oc3ccc4c(c3c3c5c(ccc3oc2c1-c1cc2c3c(c1)-n1c6ccc(C(C)(C)C)cc6c6cc(C(C)(C)C)cc(c61)B3c1cc(C(C)(C)C)cc3c6cc(C(C)(C)C)ccc6n-2c13)CCCC5)CCCC4. The van der Waals surface area contributed by atoms with Crippen LogP contribution in [0.15, 0.2) is 112 Å². The first kappa shape index (κ1) is 49.5. The van der Waals surface area contributed by atoms with E-state index < -0.39 is 0 Å². The lowest BCUT2D eigenvalue weighted by Crippen LogP contribution is -2.59. The quantitative estimate of drug-likeness (QED) is 0.154. The number of hydrogen-bond donors (Lipinski definition) is 0. The highest BCUT2D eigenvalue weighted by molar-refractivity contribution is 7.00. The van der Waals surface area contributed by atoms with Crippen LogP contribution in [0.2, 0.25) is 0 Å². The van der Waals surface area contributed by atoms with Crippen molar-refractivity contribution in [2.24, 2.45) is 0 Å². The molecular formula is C74H72BN3O2. The lowest BCUT2D eigenvalue weighted by molar-refractivity contribution is 0.590. The highest BCUT2D eigenvalue weighted by Gasteiger charge is 2.43. The first-order chi connectivity index (χ1) is 38.1. The van der Waals surface area contributed by atoms with Gasteiger partial charge in [0.25, 0.3) is 6.71 Å². The molecule has 0 saturated carbocycles. The van der Waals surface area contributed by atoms with E-state index in [1.165, 1.54) is 134 Å². The molecule has 0 fully saturated rings. The number of aromatic nitrogens is 2. The molecule has 3 aromatic heterocycles. The Morgan fingerprint density at radius 1 is 0.475 bits per heavy atom.